The van der Waals surface area contributed by atoms with Crippen LogP contribution in [0.15, 0.2) is 36.5 Å². The number of nitrogens with one attached hydrogen (secondary N) is 1. The van der Waals surface area contributed by atoms with Crippen LogP contribution in [0.4, 0.5) is 0 Å². The molecular weight excluding hydrogens is 260 g/mol. The Balaban J connectivity index is 2.23. The highest BCUT2D eigenvalue weighted by atomic mass is 16.5. The van der Waals surface area contributed by atoms with Gasteiger partial charge in [-0.1, -0.05) is 32.9 Å². The van der Waals surface area contributed by atoms with Gasteiger partial charge in [0, 0.05) is 18.8 Å². The summed E-state index contributed by atoms with van der Waals surface area (Å²) in [5.41, 5.74) is 3.58. The van der Waals surface area contributed by atoms with Crippen molar-refractivity contribution in [3.8, 4) is 11.6 Å². The van der Waals surface area contributed by atoms with Gasteiger partial charge in [-0.25, -0.2) is 4.98 Å². The summed E-state index contributed by atoms with van der Waals surface area (Å²) in [5, 5.41) is 3.31. The standard InChI is InChI=1S/C18H24N2O/c1-5-19-12-15-8-9-20-18(11-15)21-17-10-14(4)6-7-16(17)13(2)3/h6-11,13,19H,5,12H2,1-4H3. The van der Waals surface area contributed by atoms with Crippen molar-refractivity contribution in [2.75, 3.05) is 6.54 Å². The number of benzene rings is 1. The predicted octanol–water partition coefficient (Wildman–Crippen LogP) is 4.42. The number of ether oxygens (including phenoxy) is 1. The third-order valence-corrected chi connectivity index (χ3v) is 3.38. The largest absolute Gasteiger partial charge is 0.439 e. The van der Waals surface area contributed by atoms with Gasteiger partial charge in [-0.05, 0) is 48.2 Å². The second kappa shape index (κ2) is 7.23. The second-order valence-electron chi connectivity index (χ2n) is 5.58. The Morgan fingerprint density at radius 1 is 1.19 bits per heavy atom. The van der Waals surface area contributed by atoms with Crippen LogP contribution in [0, 0.1) is 6.92 Å². The molecule has 0 atom stereocenters. The van der Waals surface area contributed by atoms with Crippen LogP contribution in [0.3, 0.4) is 0 Å². The van der Waals surface area contributed by atoms with E-state index in [1.54, 1.807) is 6.20 Å². The number of pyridine rings is 1. The number of hydrogen-bond donors (Lipinski definition) is 1. The molecule has 0 fully saturated rings. The van der Waals surface area contributed by atoms with E-state index in [0.717, 1.165) is 18.8 Å². The average Bonchev–Trinajstić information content (AvgIpc) is 2.45. The van der Waals surface area contributed by atoms with E-state index in [1.165, 1.54) is 16.7 Å². The molecule has 0 aliphatic heterocycles. The Bertz CT molecular complexity index is 594. The number of rotatable bonds is 6. The molecule has 0 bridgehead atoms. The fraction of sp³-hybridized carbons (Fsp3) is 0.389. The summed E-state index contributed by atoms with van der Waals surface area (Å²) in [6.45, 7) is 10.3. The van der Waals surface area contributed by atoms with Crippen molar-refractivity contribution < 1.29 is 4.74 Å². The van der Waals surface area contributed by atoms with Crippen LogP contribution in [-0.2, 0) is 6.54 Å². The summed E-state index contributed by atoms with van der Waals surface area (Å²) in [4.78, 5) is 4.32. The molecule has 0 spiro atoms. The Labute approximate surface area is 127 Å². The molecule has 0 unspecified atom stereocenters. The molecule has 0 aliphatic rings. The summed E-state index contributed by atoms with van der Waals surface area (Å²) in [6.07, 6.45) is 1.80. The van der Waals surface area contributed by atoms with Crippen molar-refractivity contribution in [1.82, 2.24) is 10.3 Å². The van der Waals surface area contributed by atoms with Crippen molar-refractivity contribution in [2.24, 2.45) is 0 Å². The molecule has 1 heterocycles. The van der Waals surface area contributed by atoms with Gasteiger partial charge < -0.3 is 10.1 Å². The van der Waals surface area contributed by atoms with Gasteiger partial charge in [-0.3, -0.25) is 0 Å². The number of hydrogen-bond acceptors (Lipinski definition) is 3. The maximum atomic E-state index is 6.03. The van der Waals surface area contributed by atoms with Crippen molar-refractivity contribution in [3.05, 3.63) is 53.2 Å². The van der Waals surface area contributed by atoms with Gasteiger partial charge in [0.05, 0.1) is 0 Å². The molecule has 2 aromatic rings. The van der Waals surface area contributed by atoms with Crippen LogP contribution in [0.5, 0.6) is 11.6 Å². The first-order valence-electron chi connectivity index (χ1n) is 7.54. The van der Waals surface area contributed by atoms with E-state index in [1.807, 2.05) is 12.1 Å². The lowest BCUT2D eigenvalue weighted by molar-refractivity contribution is 0.453. The molecule has 0 aliphatic carbocycles. The van der Waals surface area contributed by atoms with Crippen LogP contribution >= 0.6 is 0 Å². The molecule has 1 aromatic heterocycles. The fourth-order valence-electron chi connectivity index (χ4n) is 2.21. The molecule has 0 amide bonds. The van der Waals surface area contributed by atoms with Gasteiger partial charge in [0.2, 0.25) is 5.88 Å². The average molecular weight is 284 g/mol. The van der Waals surface area contributed by atoms with Crippen molar-refractivity contribution in [1.29, 1.82) is 0 Å². The molecule has 1 N–H and O–H groups in total. The molecule has 2 rings (SSSR count). The zero-order chi connectivity index (χ0) is 15.2. The molecule has 112 valence electrons. The highest BCUT2D eigenvalue weighted by molar-refractivity contribution is 5.41. The third-order valence-electron chi connectivity index (χ3n) is 3.38. The van der Waals surface area contributed by atoms with E-state index in [9.17, 15) is 0 Å². The van der Waals surface area contributed by atoms with Gasteiger partial charge in [-0.15, -0.1) is 0 Å². The summed E-state index contributed by atoms with van der Waals surface area (Å²) in [5.74, 6) is 1.97. The van der Waals surface area contributed by atoms with E-state index < -0.39 is 0 Å². The SMILES string of the molecule is CCNCc1ccnc(Oc2cc(C)ccc2C(C)C)c1. The highest BCUT2D eigenvalue weighted by Crippen LogP contribution is 2.30. The minimum Gasteiger partial charge on any atom is -0.439 e. The molecule has 3 heteroatoms. The van der Waals surface area contributed by atoms with Crippen LogP contribution in [0.25, 0.3) is 0 Å². The van der Waals surface area contributed by atoms with E-state index in [4.69, 9.17) is 4.74 Å². The van der Waals surface area contributed by atoms with Crippen molar-refractivity contribution in [3.63, 3.8) is 0 Å². The topological polar surface area (TPSA) is 34.2 Å². The summed E-state index contributed by atoms with van der Waals surface area (Å²) in [6, 6.07) is 10.3. The van der Waals surface area contributed by atoms with Gasteiger partial charge in [0.25, 0.3) is 0 Å². The monoisotopic (exact) mass is 284 g/mol. The molecule has 0 saturated heterocycles. The molecule has 3 nitrogen and oxygen atoms in total. The zero-order valence-corrected chi connectivity index (χ0v) is 13.3. The van der Waals surface area contributed by atoms with Crippen LogP contribution < -0.4 is 10.1 Å². The minimum absolute atomic E-state index is 0.422. The van der Waals surface area contributed by atoms with E-state index >= 15 is 0 Å². The Morgan fingerprint density at radius 2 is 2.00 bits per heavy atom. The van der Waals surface area contributed by atoms with Crippen LogP contribution in [-0.4, -0.2) is 11.5 Å². The molecular formula is C18H24N2O. The third kappa shape index (κ3) is 4.30. The molecule has 1 aromatic carbocycles. The minimum atomic E-state index is 0.422. The normalized spacial score (nSPS) is 10.9. The summed E-state index contributed by atoms with van der Waals surface area (Å²) >= 11 is 0. The maximum absolute atomic E-state index is 6.03. The summed E-state index contributed by atoms with van der Waals surface area (Å²) in [7, 11) is 0. The molecule has 21 heavy (non-hydrogen) atoms. The summed E-state index contributed by atoms with van der Waals surface area (Å²) < 4.78 is 6.03. The van der Waals surface area contributed by atoms with E-state index in [-0.39, 0.29) is 0 Å². The van der Waals surface area contributed by atoms with Crippen molar-refractivity contribution >= 4 is 0 Å². The smallest absolute Gasteiger partial charge is 0.219 e. The van der Waals surface area contributed by atoms with Gasteiger partial charge in [0.1, 0.15) is 5.75 Å². The van der Waals surface area contributed by atoms with Gasteiger partial charge in [-0.2, -0.15) is 0 Å². The van der Waals surface area contributed by atoms with Crippen LogP contribution in [0.1, 0.15) is 43.4 Å². The predicted molar refractivity (Wildman–Crippen MR) is 87.0 cm³/mol. The fourth-order valence-corrected chi connectivity index (χ4v) is 2.21. The first-order chi connectivity index (χ1) is 10.1. The number of aryl methyl sites for hydroxylation is 1. The Morgan fingerprint density at radius 3 is 2.71 bits per heavy atom. The van der Waals surface area contributed by atoms with Crippen molar-refractivity contribution in [2.45, 2.75) is 40.2 Å². The Kier molecular flexibility index (Phi) is 5.34. The second-order valence-corrected chi connectivity index (χ2v) is 5.58. The Hall–Kier alpha value is -1.87. The van der Waals surface area contributed by atoms with Gasteiger partial charge >= 0.3 is 0 Å². The lowest BCUT2D eigenvalue weighted by Gasteiger charge is -2.14. The molecule has 0 saturated carbocycles. The zero-order valence-electron chi connectivity index (χ0n) is 13.3. The van der Waals surface area contributed by atoms with Crippen LogP contribution in [0.2, 0.25) is 0 Å². The van der Waals surface area contributed by atoms with Gasteiger partial charge in [0.15, 0.2) is 0 Å². The first kappa shape index (κ1) is 15.5. The first-order valence-corrected chi connectivity index (χ1v) is 7.54. The maximum Gasteiger partial charge on any atom is 0.219 e. The quantitative estimate of drug-likeness (QED) is 0.853. The number of nitrogens with zero attached hydrogens (tertiary/aromatic N) is 1. The van der Waals surface area contributed by atoms with E-state index in [2.05, 4.69) is 56.2 Å². The lowest BCUT2D eigenvalue weighted by Crippen LogP contribution is -2.11. The highest BCUT2D eigenvalue weighted by Gasteiger charge is 2.10. The lowest BCUT2D eigenvalue weighted by atomic mass is 10.0. The molecule has 0 radical (unpaired) electrons. The number of aromatic nitrogens is 1. The van der Waals surface area contributed by atoms with E-state index in [0.29, 0.717) is 11.8 Å².